The quantitative estimate of drug-likeness (QED) is 0.642. The van der Waals surface area contributed by atoms with Gasteiger partial charge in [-0.2, -0.15) is 0 Å². The molecule has 0 spiro atoms. The van der Waals surface area contributed by atoms with Gasteiger partial charge in [0.05, 0.1) is 0 Å². The van der Waals surface area contributed by atoms with Crippen LogP contribution in [0.5, 0.6) is 0 Å². The van der Waals surface area contributed by atoms with Gasteiger partial charge >= 0.3 is 0 Å². The third-order valence-corrected chi connectivity index (χ3v) is 9.41. The van der Waals surface area contributed by atoms with Crippen molar-refractivity contribution in [2.75, 3.05) is 6.54 Å². The van der Waals surface area contributed by atoms with E-state index >= 15 is 0 Å². The van der Waals surface area contributed by atoms with Crippen LogP contribution in [0.1, 0.15) is 69.4 Å². The van der Waals surface area contributed by atoms with Crippen LogP contribution in [0.15, 0.2) is 41.8 Å². The number of rotatable bonds is 1. The van der Waals surface area contributed by atoms with Gasteiger partial charge in [0.2, 0.25) is 0 Å². The summed E-state index contributed by atoms with van der Waals surface area (Å²) in [6.07, 6.45) is 19.4. The molecule has 158 valence electrons. The normalized spacial score (nSPS) is 38.5. The smallest absolute Gasteiger partial charge is 0.133 e. The largest absolute Gasteiger partial charge is 0.300 e. The second-order valence-electron chi connectivity index (χ2n) is 10.8. The maximum Gasteiger partial charge on any atom is 0.133 e. The minimum Gasteiger partial charge on any atom is -0.300 e. The highest BCUT2D eigenvalue weighted by Gasteiger charge is 2.53. The lowest BCUT2D eigenvalue weighted by Gasteiger charge is -2.48. The molecule has 0 radical (unpaired) electrons. The van der Waals surface area contributed by atoms with Crippen LogP contribution in [0.3, 0.4) is 0 Å². The van der Waals surface area contributed by atoms with Crippen molar-refractivity contribution in [1.82, 2.24) is 9.88 Å². The van der Waals surface area contributed by atoms with Crippen molar-refractivity contribution in [3.05, 3.63) is 52.9 Å². The van der Waals surface area contributed by atoms with E-state index in [4.69, 9.17) is 0 Å². The molecule has 5 aliphatic rings. The lowest BCUT2D eigenvalue weighted by Crippen LogP contribution is -2.49. The molecule has 6 rings (SSSR count). The van der Waals surface area contributed by atoms with Gasteiger partial charge in [-0.3, -0.25) is 14.7 Å². The number of hydrogen-bond donors (Lipinski definition) is 0. The number of hydrogen-bond acceptors (Lipinski definition) is 3. The van der Waals surface area contributed by atoms with Gasteiger partial charge in [-0.1, -0.05) is 24.6 Å². The molecule has 5 unspecified atom stereocenters. The molecule has 5 atom stereocenters. The van der Waals surface area contributed by atoms with Gasteiger partial charge in [-0.25, -0.2) is 0 Å². The zero-order chi connectivity index (χ0) is 20.3. The van der Waals surface area contributed by atoms with E-state index < -0.39 is 0 Å². The first-order valence-electron chi connectivity index (χ1n) is 12.2. The molecule has 1 aromatic rings. The minimum atomic E-state index is 0.387. The Morgan fingerprint density at radius 3 is 2.97 bits per heavy atom. The Morgan fingerprint density at radius 1 is 1.10 bits per heavy atom. The van der Waals surface area contributed by atoms with Crippen LogP contribution < -0.4 is 0 Å². The summed E-state index contributed by atoms with van der Waals surface area (Å²) < 4.78 is 0. The van der Waals surface area contributed by atoms with Crippen molar-refractivity contribution >= 4 is 5.78 Å². The first kappa shape index (κ1) is 19.0. The lowest BCUT2D eigenvalue weighted by atomic mass is 9.62. The summed E-state index contributed by atoms with van der Waals surface area (Å²) in [6, 6.07) is 2.90. The lowest BCUT2D eigenvalue weighted by molar-refractivity contribution is -0.120. The van der Waals surface area contributed by atoms with Crippen LogP contribution >= 0.6 is 0 Å². The predicted molar refractivity (Wildman–Crippen MR) is 119 cm³/mol. The van der Waals surface area contributed by atoms with Gasteiger partial charge in [0.1, 0.15) is 5.78 Å². The Bertz CT molecular complexity index is 931. The van der Waals surface area contributed by atoms with Crippen LogP contribution in [0.4, 0.5) is 0 Å². The highest BCUT2D eigenvalue weighted by molar-refractivity contribution is 5.80. The molecule has 0 bridgehead atoms. The van der Waals surface area contributed by atoms with E-state index in [-0.39, 0.29) is 0 Å². The molecule has 3 nitrogen and oxygen atoms in total. The molecule has 0 amide bonds. The molecule has 0 aromatic carbocycles. The fourth-order valence-corrected chi connectivity index (χ4v) is 7.79. The topological polar surface area (TPSA) is 33.2 Å². The summed E-state index contributed by atoms with van der Waals surface area (Å²) in [5.74, 6) is 2.53. The number of Topliss-reactive ketones (excluding diaryl/α,β-unsaturated/α-hetero) is 1. The summed E-state index contributed by atoms with van der Waals surface area (Å²) >= 11 is 0. The van der Waals surface area contributed by atoms with Crippen LogP contribution in [-0.2, 0) is 17.8 Å². The van der Waals surface area contributed by atoms with Crippen molar-refractivity contribution in [3.63, 3.8) is 0 Å². The van der Waals surface area contributed by atoms with Crippen molar-refractivity contribution in [2.45, 2.75) is 77.3 Å². The Hall–Kier alpha value is -1.74. The molecular formula is C27H34N2O. The van der Waals surface area contributed by atoms with E-state index in [1.807, 2.05) is 6.20 Å². The molecule has 2 fully saturated rings. The zero-order valence-corrected chi connectivity index (χ0v) is 18.3. The molecule has 0 saturated heterocycles. The minimum absolute atomic E-state index is 0.387. The molecule has 1 aromatic heterocycles. The Labute approximate surface area is 180 Å². The number of fused-ring (bicyclic) bond motifs is 5. The van der Waals surface area contributed by atoms with Crippen molar-refractivity contribution < 1.29 is 4.79 Å². The third kappa shape index (κ3) is 2.96. The highest BCUT2D eigenvalue weighted by atomic mass is 16.1. The van der Waals surface area contributed by atoms with Crippen LogP contribution in [-0.4, -0.2) is 28.3 Å². The Kier molecular flexibility index (Phi) is 4.53. The molecular weight excluding hydrogens is 368 g/mol. The van der Waals surface area contributed by atoms with Crippen molar-refractivity contribution in [1.29, 1.82) is 0 Å². The fourth-order valence-electron chi connectivity index (χ4n) is 7.79. The van der Waals surface area contributed by atoms with Crippen LogP contribution in [0.2, 0.25) is 0 Å². The predicted octanol–water partition coefficient (Wildman–Crippen LogP) is 5.26. The van der Waals surface area contributed by atoms with E-state index in [1.54, 1.807) is 11.1 Å². The van der Waals surface area contributed by atoms with E-state index in [9.17, 15) is 4.79 Å². The van der Waals surface area contributed by atoms with E-state index in [0.717, 1.165) is 31.7 Å². The average molecular weight is 403 g/mol. The third-order valence-electron chi connectivity index (χ3n) is 9.41. The summed E-state index contributed by atoms with van der Waals surface area (Å²) in [7, 11) is 0. The zero-order valence-electron chi connectivity index (χ0n) is 18.3. The first-order chi connectivity index (χ1) is 14.6. The van der Waals surface area contributed by atoms with E-state index in [1.165, 1.54) is 56.2 Å². The van der Waals surface area contributed by atoms with Crippen molar-refractivity contribution in [3.8, 4) is 0 Å². The standard InChI is InChI=1S/C27H34N2O/c1-27-11-8-21-14-19-2-4-23(30)15-20(19)3-5-24(21)25(27)6-7-26(27)29-13-10-18-9-12-28-16-22(18)17-29/h8-9,12,14,16,20,24-26H,2-7,10-11,13,15,17H2,1H3. The molecule has 0 N–H and O–H groups in total. The SMILES string of the molecule is CC12CC=C3C=C4CCC(=O)CC4CCC3C1CCC2N1CCc2ccncc2C1. The number of ketones is 1. The maximum atomic E-state index is 12.0. The van der Waals surface area contributed by atoms with E-state index in [2.05, 4.69) is 41.2 Å². The summed E-state index contributed by atoms with van der Waals surface area (Å²) in [6.45, 7) is 4.86. The average Bonchev–Trinajstić information content (AvgIpc) is 3.00. The number of nitrogens with zero attached hydrogens (tertiary/aromatic N) is 2. The molecule has 3 heteroatoms. The van der Waals surface area contributed by atoms with Gasteiger partial charge in [0.15, 0.2) is 0 Å². The van der Waals surface area contributed by atoms with Gasteiger partial charge in [-0.15, -0.1) is 0 Å². The Balaban J connectivity index is 1.26. The number of carbonyl (C=O) groups is 1. The Morgan fingerprint density at radius 2 is 2.03 bits per heavy atom. The molecule has 4 aliphatic carbocycles. The van der Waals surface area contributed by atoms with Gasteiger partial charge in [0, 0.05) is 44.4 Å². The summed E-state index contributed by atoms with van der Waals surface area (Å²) in [5.41, 5.74) is 6.53. The summed E-state index contributed by atoms with van der Waals surface area (Å²) in [5, 5.41) is 0. The van der Waals surface area contributed by atoms with E-state index in [0.29, 0.717) is 29.1 Å². The molecule has 2 heterocycles. The monoisotopic (exact) mass is 402 g/mol. The van der Waals surface area contributed by atoms with Gasteiger partial charge in [0.25, 0.3) is 0 Å². The number of allylic oxidation sites excluding steroid dienone is 4. The number of pyridine rings is 1. The maximum absolute atomic E-state index is 12.0. The highest BCUT2D eigenvalue weighted by Crippen LogP contribution is 2.58. The van der Waals surface area contributed by atoms with Crippen LogP contribution in [0, 0.1) is 23.2 Å². The second-order valence-corrected chi connectivity index (χ2v) is 10.8. The molecule has 1 aliphatic heterocycles. The second kappa shape index (κ2) is 7.15. The van der Waals surface area contributed by atoms with Gasteiger partial charge < -0.3 is 0 Å². The molecule has 30 heavy (non-hydrogen) atoms. The molecule has 2 saturated carbocycles. The van der Waals surface area contributed by atoms with Crippen molar-refractivity contribution in [2.24, 2.45) is 23.2 Å². The first-order valence-corrected chi connectivity index (χ1v) is 12.2. The number of aromatic nitrogens is 1. The number of carbonyl (C=O) groups excluding carboxylic acids is 1. The summed E-state index contributed by atoms with van der Waals surface area (Å²) in [4.78, 5) is 19.2. The fraction of sp³-hybridized carbons (Fsp3) is 0.630. The van der Waals surface area contributed by atoms with Crippen LogP contribution in [0.25, 0.3) is 0 Å². The van der Waals surface area contributed by atoms with Gasteiger partial charge in [-0.05, 0) is 90.9 Å².